The maximum Gasteiger partial charge on any atom is 0.408 e. The molecule has 0 heterocycles. The van der Waals surface area contributed by atoms with Gasteiger partial charge in [0.15, 0.2) is 0 Å². The Bertz CT molecular complexity index is 1000. The average molecular weight is 531 g/mol. The van der Waals surface area contributed by atoms with Gasteiger partial charge in [-0.25, -0.2) is 4.79 Å². The van der Waals surface area contributed by atoms with E-state index in [1.54, 1.807) is 27.7 Å². The van der Waals surface area contributed by atoms with Crippen molar-refractivity contribution >= 4 is 23.9 Å². The van der Waals surface area contributed by atoms with Gasteiger partial charge in [0.25, 0.3) is 0 Å². The number of ether oxygens (including phenoxy) is 2. The van der Waals surface area contributed by atoms with Crippen molar-refractivity contribution in [3.63, 3.8) is 0 Å². The highest BCUT2D eigenvalue weighted by molar-refractivity contribution is 5.93. The molecule has 10 nitrogen and oxygen atoms in total. The molecular formula is C28H42N4O6. The molecule has 0 aliphatic carbocycles. The summed E-state index contributed by atoms with van der Waals surface area (Å²) >= 11 is 0. The van der Waals surface area contributed by atoms with Gasteiger partial charge in [0.1, 0.15) is 24.2 Å². The molecule has 0 saturated carbocycles. The van der Waals surface area contributed by atoms with Crippen LogP contribution in [0.15, 0.2) is 18.2 Å². The fraction of sp³-hybridized carbons (Fsp3) is 0.607. The highest BCUT2D eigenvalue weighted by Crippen LogP contribution is 2.29. The molecule has 2 unspecified atom stereocenters. The highest BCUT2D eigenvalue weighted by Gasteiger charge is 2.37. The third-order valence-corrected chi connectivity index (χ3v) is 5.53. The molecule has 3 amide bonds. The van der Waals surface area contributed by atoms with Crippen LogP contribution in [0.1, 0.15) is 77.1 Å². The Hall–Kier alpha value is -3.61. The van der Waals surface area contributed by atoms with Crippen LogP contribution in [0, 0.1) is 31.1 Å². The highest BCUT2D eigenvalue weighted by atomic mass is 16.6. The average Bonchev–Trinajstić information content (AvgIpc) is 2.78. The van der Waals surface area contributed by atoms with E-state index in [0.717, 1.165) is 11.1 Å². The Balaban J connectivity index is 3.46. The topological polar surface area (TPSA) is 138 Å². The maximum absolute atomic E-state index is 13.9. The Kier molecular flexibility index (Phi) is 12.8. The summed E-state index contributed by atoms with van der Waals surface area (Å²) < 4.78 is 10.3. The number of amides is 3. The number of alkyl carbamates (subject to hydrolysis) is 1. The minimum absolute atomic E-state index is 0.000733. The van der Waals surface area contributed by atoms with E-state index in [2.05, 4.69) is 10.6 Å². The smallest absolute Gasteiger partial charge is 0.408 e. The summed E-state index contributed by atoms with van der Waals surface area (Å²) in [6.07, 6.45) is -0.540. The summed E-state index contributed by atoms with van der Waals surface area (Å²) in [5.41, 5.74) is 1.31. The minimum Gasteiger partial charge on any atom is -0.466 e. The van der Waals surface area contributed by atoms with Crippen molar-refractivity contribution in [2.75, 3.05) is 19.7 Å². The number of hydrogen-bond donors (Lipinski definition) is 2. The second-order valence-electron chi connectivity index (χ2n) is 10.5. The van der Waals surface area contributed by atoms with Gasteiger partial charge >= 0.3 is 12.1 Å². The van der Waals surface area contributed by atoms with Crippen LogP contribution in [-0.2, 0) is 23.9 Å². The van der Waals surface area contributed by atoms with Gasteiger partial charge in [-0.05, 0) is 70.6 Å². The lowest BCUT2D eigenvalue weighted by molar-refractivity contribution is -0.144. The molecule has 0 spiro atoms. The van der Waals surface area contributed by atoms with Crippen molar-refractivity contribution in [2.45, 2.75) is 85.9 Å². The molecule has 0 fully saturated rings. The summed E-state index contributed by atoms with van der Waals surface area (Å²) in [7, 11) is 0. The van der Waals surface area contributed by atoms with E-state index < -0.39 is 48.1 Å². The molecule has 2 atom stereocenters. The molecular weight excluding hydrogens is 488 g/mol. The van der Waals surface area contributed by atoms with Crippen LogP contribution in [-0.4, -0.2) is 60.1 Å². The van der Waals surface area contributed by atoms with Crippen LogP contribution in [0.2, 0.25) is 0 Å². The number of rotatable bonds is 12. The van der Waals surface area contributed by atoms with E-state index in [-0.39, 0.29) is 31.9 Å². The van der Waals surface area contributed by atoms with Crippen molar-refractivity contribution < 1.29 is 28.7 Å². The molecule has 1 rings (SSSR count). The third kappa shape index (κ3) is 10.4. The number of nitrogens with one attached hydrogen (secondary N) is 2. The van der Waals surface area contributed by atoms with Crippen LogP contribution in [0.4, 0.5) is 4.79 Å². The lowest BCUT2D eigenvalue weighted by Crippen LogP contribution is -2.53. The summed E-state index contributed by atoms with van der Waals surface area (Å²) in [5.74, 6) is -1.57. The van der Waals surface area contributed by atoms with Crippen molar-refractivity contribution in [3.05, 3.63) is 34.9 Å². The molecule has 0 aliphatic rings. The quantitative estimate of drug-likeness (QED) is 0.310. The zero-order valence-electron chi connectivity index (χ0n) is 23.8. The molecule has 0 aliphatic heterocycles. The molecule has 2 N–H and O–H groups in total. The van der Waals surface area contributed by atoms with Crippen LogP contribution in [0.25, 0.3) is 0 Å². The van der Waals surface area contributed by atoms with Crippen molar-refractivity contribution in [1.82, 2.24) is 15.5 Å². The predicted molar refractivity (Wildman–Crippen MR) is 143 cm³/mol. The number of hydrogen-bond acceptors (Lipinski definition) is 7. The van der Waals surface area contributed by atoms with E-state index in [1.807, 2.05) is 52.0 Å². The largest absolute Gasteiger partial charge is 0.466 e. The molecule has 210 valence electrons. The van der Waals surface area contributed by atoms with Gasteiger partial charge in [-0.15, -0.1) is 0 Å². The fourth-order valence-electron chi connectivity index (χ4n) is 4.02. The zero-order valence-corrected chi connectivity index (χ0v) is 23.8. The summed E-state index contributed by atoms with van der Waals surface area (Å²) in [4.78, 5) is 53.1. The van der Waals surface area contributed by atoms with Gasteiger partial charge in [0.05, 0.1) is 19.1 Å². The normalized spacial score (nSPS) is 12.6. The standard InChI is InChI=1S/C28H42N4O6/c1-9-37-22(33)13-15-30-25(34)24(23-19(4)11-10-12-20(23)5)32(16-14-29)26(35)21(17-18(2)3)31-27(36)38-28(6,7)8/h10-12,18,21,24H,9,13,15-17H2,1-8H3,(H,30,34)(H,31,36). The second kappa shape index (κ2) is 15.0. The first-order chi connectivity index (χ1) is 17.7. The molecule has 0 saturated heterocycles. The maximum atomic E-state index is 13.9. The van der Waals surface area contributed by atoms with E-state index >= 15 is 0 Å². The molecule has 1 aromatic rings. The van der Waals surface area contributed by atoms with Gasteiger partial charge in [-0.1, -0.05) is 32.0 Å². The first kappa shape index (κ1) is 32.4. The Labute approximate surface area is 226 Å². The Morgan fingerprint density at radius 1 is 1.11 bits per heavy atom. The summed E-state index contributed by atoms with van der Waals surface area (Å²) in [5, 5.41) is 15.0. The zero-order chi connectivity index (χ0) is 29.0. The summed E-state index contributed by atoms with van der Waals surface area (Å²) in [6, 6.07) is 5.27. The lowest BCUT2D eigenvalue weighted by Gasteiger charge is -2.34. The van der Waals surface area contributed by atoms with Gasteiger partial charge in [0.2, 0.25) is 11.8 Å². The van der Waals surface area contributed by atoms with Crippen LogP contribution in [0.5, 0.6) is 0 Å². The molecule has 0 aromatic heterocycles. The van der Waals surface area contributed by atoms with E-state index in [4.69, 9.17) is 9.47 Å². The van der Waals surface area contributed by atoms with Gasteiger partial charge < -0.3 is 25.0 Å². The summed E-state index contributed by atoms with van der Waals surface area (Å²) in [6.45, 7) is 14.1. The number of carbonyl (C=O) groups is 4. The molecule has 38 heavy (non-hydrogen) atoms. The van der Waals surface area contributed by atoms with Crippen LogP contribution in [0.3, 0.4) is 0 Å². The minimum atomic E-state index is -1.17. The van der Waals surface area contributed by atoms with Crippen molar-refractivity contribution in [2.24, 2.45) is 5.92 Å². The van der Waals surface area contributed by atoms with Crippen LogP contribution < -0.4 is 10.6 Å². The van der Waals surface area contributed by atoms with E-state index in [1.165, 1.54) is 4.90 Å². The number of carbonyl (C=O) groups excluding carboxylic acids is 4. The van der Waals surface area contributed by atoms with E-state index in [0.29, 0.717) is 5.56 Å². The Morgan fingerprint density at radius 3 is 2.21 bits per heavy atom. The van der Waals surface area contributed by atoms with Crippen molar-refractivity contribution in [1.29, 1.82) is 5.26 Å². The molecule has 10 heteroatoms. The number of nitriles is 1. The lowest BCUT2D eigenvalue weighted by atomic mass is 9.93. The second-order valence-corrected chi connectivity index (χ2v) is 10.5. The first-order valence-corrected chi connectivity index (χ1v) is 12.9. The fourth-order valence-corrected chi connectivity index (χ4v) is 4.02. The monoisotopic (exact) mass is 530 g/mol. The van der Waals surface area contributed by atoms with E-state index in [9.17, 15) is 24.4 Å². The number of aryl methyl sites for hydroxylation is 2. The SMILES string of the molecule is CCOC(=O)CCNC(=O)C(c1c(C)cccc1C)N(CC#N)C(=O)C(CC(C)C)NC(=O)OC(C)(C)C. The predicted octanol–water partition coefficient (Wildman–Crippen LogP) is 3.71. The third-order valence-electron chi connectivity index (χ3n) is 5.53. The number of esters is 1. The Morgan fingerprint density at radius 2 is 1.71 bits per heavy atom. The van der Waals surface area contributed by atoms with Gasteiger partial charge in [-0.2, -0.15) is 5.26 Å². The first-order valence-electron chi connectivity index (χ1n) is 12.9. The van der Waals surface area contributed by atoms with Crippen molar-refractivity contribution in [3.8, 4) is 6.07 Å². The van der Waals surface area contributed by atoms with Gasteiger partial charge in [-0.3, -0.25) is 14.4 Å². The number of nitrogens with zero attached hydrogens (tertiary/aromatic N) is 2. The molecule has 0 radical (unpaired) electrons. The number of benzene rings is 1. The molecule has 0 bridgehead atoms. The molecule has 1 aromatic carbocycles. The van der Waals surface area contributed by atoms with Gasteiger partial charge in [0, 0.05) is 6.54 Å². The van der Waals surface area contributed by atoms with Crippen LogP contribution >= 0.6 is 0 Å².